The van der Waals surface area contributed by atoms with Crippen LogP contribution >= 0.6 is 0 Å². The number of nitrogens with two attached hydrogens (primary N) is 1. The number of hydrogen-bond donors (Lipinski definition) is 1. The molecule has 2 N–H and O–H groups in total. The van der Waals surface area contributed by atoms with Crippen molar-refractivity contribution in [1.29, 1.82) is 0 Å². The minimum atomic E-state index is -4.41. The Balaban J connectivity index is 2.00. The van der Waals surface area contributed by atoms with Crippen molar-refractivity contribution in [2.45, 2.75) is 32.0 Å². The fourth-order valence-electron chi connectivity index (χ4n) is 2.30. The van der Waals surface area contributed by atoms with Crippen molar-refractivity contribution in [3.63, 3.8) is 0 Å². The predicted molar refractivity (Wildman–Crippen MR) is 82.2 cm³/mol. The molecule has 1 unspecified atom stereocenters. The summed E-state index contributed by atoms with van der Waals surface area (Å²) in [5, 5.41) is 0. The largest absolute Gasteiger partial charge is 0.496 e. The second-order valence-corrected chi connectivity index (χ2v) is 5.42. The van der Waals surface area contributed by atoms with Crippen LogP contribution in [0.3, 0.4) is 0 Å². The van der Waals surface area contributed by atoms with Gasteiger partial charge in [-0.05, 0) is 48.6 Å². The van der Waals surface area contributed by atoms with E-state index in [2.05, 4.69) is 4.98 Å². The quantitative estimate of drug-likeness (QED) is 0.902. The van der Waals surface area contributed by atoms with Gasteiger partial charge in [0.1, 0.15) is 11.4 Å². The van der Waals surface area contributed by atoms with Crippen LogP contribution in [0.4, 0.5) is 13.2 Å². The molecule has 0 radical (unpaired) electrons. The summed E-state index contributed by atoms with van der Waals surface area (Å²) < 4.78 is 42.7. The first-order valence-electron chi connectivity index (χ1n) is 7.23. The summed E-state index contributed by atoms with van der Waals surface area (Å²) in [4.78, 5) is 3.45. The minimum absolute atomic E-state index is 0.216. The number of benzene rings is 1. The standard InChI is InChI=1S/C17H19F3N2O/c1-11-3-6-13(9-15(11)23-2)14(21)7-4-12-5-8-16(22-10-12)17(18,19)20/h3,5-6,8-10,14H,4,7,21H2,1-2H3. The Morgan fingerprint density at radius 1 is 1.22 bits per heavy atom. The third-order valence-electron chi connectivity index (χ3n) is 3.72. The summed E-state index contributed by atoms with van der Waals surface area (Å²) in [6.45, 7) is 1.95. The van der Waals surface area contributed by atoms with E-state index in [4.69, 9.17) is 10.5 Å². The first kappa shape index (κ1) is 17.3. The van der Waals surface area contributed by atoms with E-state index in [1.807, 2.05) is 25.1 Å². The Kier molecular flexibility index (Phi) is 5.26. The molecule has 0 saturated heterocycles. The number of alkyl halides is 3. The number of aryl methyl sites for hydroxylation is 2. The van der Waals surface area contributed by atoms with Crippen molar-refractivity contribution in [3.8, 4) is 5.75 Å². The number of nitrogens with zero attached hydrogens (tertiary/aromatic N) is 1. The van der Waals surface area contributed by atoms with Crippen LogP contribution in [-0.2, 0) is 12.6 Å². The molecular weight excluding hydrogens is 305 g/mol. The Labute approximate surface area is 133 Å². The number of pyridine rings is 1. The second kappa shape index (κ2) is 7.00. The average molecular weight is 324 g/mol. The highest BCUT2D eigenvalue weighted by molar-refractivity contribution is 5.37. The van der Waals surface area contributed by atoms with Crippen molar-refractivity contribution in [2.24, 2.45) is 5.73 Å². The number of halogens is 3. The van der Waals surface area contributed by atoms with Gasteiger partial charge in [-0.2, -0.15) is 13.2 Å². The van der Waals surface area contributed by atoms with Crippen molar-refractivity contribution >= 4 is 0 Å². The lowest BCUT2D eigenvalue weighted by Gasteiger charge is -2.14. The second-order valence-electron chi connectivity index (χ2n) is 5.42. The molecular formula is C17H19F3N2O. The van der Waals surface area contributed by atoms with Crippen molar-refractivity contribution in [3.05, 3.63) is 58.9 Å². The highest BCUT2D eigenvalue weighted by Gasteiger charge is 2.31. The number of ether oxygens (including phenoxy) is 1. The molecule has 23 heavy (non-hydrogen) atoms. The molecule has 0 saturated carbocycles. The van der Waals surface area contributed by atoms with E-state index < -0.39 is 11.9 Å². The van der Waals surface area contributed by atoms with E-state index in [1.165, 1.54) is 12.3 Å². The molecule has 0 aliphatic rings. The van der Waals surface area contributed by atoms with Crippen LogP contribution in [0.1, 0.15) is 34.8 Å². The highest BCUT2D eigenvalue weighted by Crippen LogP contribution is 2.28. The summed E-state index contributed by atoms with van der Waals surface area (Å²) in [5.74, 6) is 0.772. The molecule has 1 aromatic heterocycles. The van der Waals surface area contributed by atoms with Crippen LogP contribution in [0.2, 0.25) is 0 Å². The van der Waals surface area contributed by atoms with Gasteiger partial charge in [0.05, 0.1) is 7.11 Å². The summed E-state index contributed by atoms with van der Waals surface area (Å²) in [7, 11) is 1.60. The molecule has 0 aliphatic carbocycles. The summed E-state index contributed by atoms with van der Waals surface area (Å²) in [6, 6.07) is 7.99. The monoisotopic (exact) mass is 324 g/mol. The molecule has 0 fully saturated rings. The van der Waals surface area contributed by atoms with E-state index in [0.29, 0.717) is 12.8 Å². The fourth-order valence-corrected chi connectivity index (χ4v) is 2.30. The van der Waals surface area contributed by atoms with Gasteiger partial charge in [-0.15, -0.1) is 0 Å². The van der Waals surface area contributed by atoms with E-state index >= 15 is 0 Å². The molecule has 6 heteroatoms. The maximum absolute atomic E-state index is 12.5. The van der Waals surface area contributed by atoms with Gasteiger partial charge in [-0.1, -0.05) is 18.2 Å². The smallest absolute Gasteiger partial charge is 0.433 e. The van der Waals surface area contributed by atoms with Gasteiger partial charge in [0.15, 0.2) is 0 Å². The zero-order chi connectivity index (χ0) is 17.0. The Morgan fingerprint density at radius 2 is 1.96 bits per heavy atom. The molecule has 0 aliphatic heterocycles. The zero-order valence-electron chi connectivity index (χ0n) is 13.0. The summed E-state index contributed by atoms with van der Waals surface area (Å²) in [5.41, 5.74) is 7.97. The third-order valence-corrected chi connectivity index (χ3v) is 3.72. The van der Waals surface area contributed by atoms with E-state index in [-0.39, 0.29) is 6.04 Å². The maximum atomic E-state index is 12.5. The van der Waals surface area contributed by atoms with Gasteiger partial charge in [-0.3, -0.25) is 4.98 Å². The fraction of sp³-hybridized carbons (Fsp3) is 0.353. The topological polar surface area (TPSA) is 48.1 Å². The lowest BCUT2D eigenvalue weighted by atomic mass is 9.99. The third kappa shape index (κ3) is 4.45. The van der Waals surface area contributed by atoms with E-state index in [9.17, 15) is 13.2 Å². The lowest BCUT2D eigenvalue weighted by molar-refractivity contribution is -0.141. The van der Waals surface area contributed by atoms with Gasteiger partial charge in [0.2, 0.25) is 0 Å². The molecule has 0 spiro atoms. The number of hydrogen-bond acceptors (Lipinski definition) is 3. The van der Waals surface area contributed by atoms with E-state index in [1.54, 1.807) is 7.11 Å². The first-order valence-corrected chi connectivity index (χ1v) is 7.23. The molecule has 3 nitrogen and oxygen atoms in total. The average Bonchev–Trinajstić information content (AvgIpc) is 2.52. The molecule has 0 amide bonds. The highest BCUT2D eigenvalue weighted by atomic mass is 19.4. The molecule has 2 aromatic rings. The van der Waals surface area contributed by atoms with Crippen LogP contribution in [0.25, 0.3) is 0 Å². The Hall–Kier alpha value is -2.08. The summed E-state index contributed by atoms with van der Waals surface area (Å²) >= 11 is 0. The number of rotatable bonds is 5. The normalized spacial score (nSPS) is 13.0. The van der Waals surface area contributed by atoms with Crippen LogP contribution in [-0.4, -0.2) is 12.1 Å². The molecule has 0 bridgehead atoms. The molecule has 124 valence electrons. The molecule has 1 atom stereocenters. The Bertz CT molecular complexity index is 654. The van der Waals surface area contributed by atoms with Crippen LogP contribution in [0.15, 0.2) is 36.5 Å². The first-order chi connectivity index (χ1) is 10.8. The lowest BCUT2D eigenvalue weighted by Crippen LogP contribution is -2.12. The van der Waals surface area contributed by atoms with Gasteiger partial charge in [0.25, 0.3) is 0 Å². The predicted octanol–water partition coefficient (Wildman–Crippen LogP) is 4.05. The van der Waals surface area contributed by atoms with Gasteiger partial charge in [0, 0.05) is 12.2 Å². The molecule has 1 heterocycles. The molecule has 2 rings (SSSR count). The summed E-state index contributed by atoms with van der Waals surface area (Å²) in [6.07, 6.45) is -1.99. The minimum Gasteiger partial charge on any atom is -0.496 e. The van der Waals surface area contributed by atoms with Crippen molar-refractivity contribution in [2.75, 3.05) is 7.11 Å². The van der Waals surface area contributed by atoms with Crippen LogP contribution in [0.5, 0.6) is 5.75 Å². The van der Waals surface area contributed by atoms with Gasteiger partial charge >= 0.3 is 6.18 Å². The zero-order valence-corrected chi connectivity index (χ0v) is 13.0. The number of aromatic nitrogens is 1. The van der Waals surface area contributed by atoms with Gasteiger partial charge in [-0.25, -0.2) is 0 Å². The van der Waals surface area contributed by atoms with Crippen molar-refractivity contribution < 1.29 is 17.9 Å². The number of methoxy groups -OCH3 is 1. The molecule has 1 aromatic carbocycles. The SMILES string of the molecule is COc1cc(C(N)CCc2ccc(C(F)(F)F)nc2)ccc1C. The van der Waals surface area contributed by atoms with Gasteiger partial charge < -0.3 is 10.5 Å². The van der Waals surface area contributed by atoms with Crippen molar-refractivity contribution in [1.82, 2.24) is 4.98 Å². The van der Waals surface area contributed by atoms with E-state index in [0.717, 1.165) is 28.5 Å². The maximum Gasteiger partial charge on any atom is 0.433 e. The van der Waals surface area contributed by atoms with Crippen LogP contribution in [0, 0.1) is 6.92 Å². The van der Waals surface area contributed by atoms with Crippen LogP contribution < -0.4 is 10.5 Å². The Morgan fingerprint density at radius 3 is 2.52 bits per heavy atom.